The summed E-state index contributed by atoms with van der Waals surface area (Å²) in [6.45, 7) is 5.50. The van der Waals surface area contributed by atoms with Crippen molar-refractivity contribution in [2.75, 3.05) is 11.9 Å². The first kappa shape index (κ1) is 11.4. The van der Waals surface area contributed by atoms with Crippen LogP contribution in [0.2, 0.25) is 0 Å². The molecule has 0 aliphatic heterocycles. The van der Waals surface area contributed by atoms with E-state index in [9.17, 15) is 0 Å². The standard InChI is InChI=1S/C12H17N.ClH/c1-9-4-3-5-10(2)12(9)13-8-11-6-7-11;/h3-5,11,13H,6-8H2,1-2H3;1H. The monoisotopic (exact) mass is 211 g/mol. The van der Waals surface area contributed by atoms with E-state index in [0.29, 0.717) is 0 Å². The molecule has 1 aliphatic rings. The first-order chi connectivity index (χ1) is 6.27. The molecule has 0 atom stereocenters. The molecule has 0 saturated heterocycles. The van der Waals surface area contributed by atoms with Crippen molar-refractivity contribution in [3.05, 3.63) is 29.3 Å². The SMILES string of the molecule is Cc1cccc(C)c1NCC1CC1.Cl. The first-order valence-corrected chi connectivity index (χ1v) is 5.07. The Labute approximate surface area is 92.3 Å². The van der Waals surface area contributed by atoms with Crippen molar-refractivity contribution in [1.82, 2.24) is 0 Å². The molecule has 1 fully saturated rings. The second-order valence-corrected chi connectivity index (χ2v) is 4.09. The second-order valence-electron chi connectivity index (χ2n) is 4.09. The molecule has 1 nitrogen and oxygen atoms in total. The lowest BCUT2D eigenvalue weighted by Gasteiger charge is -2.11. The number of benzene rings is 1. The highest BCUT2D eigenvalue weighted by molar-refractivity contribution is 5.85. The van der Waals surface area contributed by atoms with Crippen LogP contribution in [0.3, 0.4) is 0 Å². The van der Waals surface area contributed by atoms with E-state index in [-0.39, 0.29) is 12.4 Å². The smallest absolute Gasteiger partial charge is 0.0399 e. The molecule has 1 aliphatic carbocycles. The maximum Gasteiger partial charge on any atom is 0.0399 e. The van der Waals surface area contributed by atoms with Crippen molar-refractivity contribution in [3.63, 3.8) is 0 Å². The highest BCUT2D eigenvalue weighted by atomic mass is 35.5. The molecule has 1 N–H and O–H groups in total. The Kier molecular flexibility index (Phi) is 3.82. The van der Waals surface area contributed by atoms with Gasteiger partial charge in [-0.05, 0) is 43.7 Å². The maximum atomic E-state index is 3.54. The topological polar surface area (TPSA) is 12.0 Å². The molecule has 0 radical (unpaired) electrons. The number of nitrogens with one attached hydrogen (secondary N) is 1. The van der Waals surface area contributed by atoms with Gasteiger partial charge in [-0.15, -0.1) is 12.4 Å². The van der Waals surface area contributed by atoms with Crippen LogP contribution in [0.25, 0.3) is 0 Å². The van der Waals surface area contributed by atoms with Crippen molar-refractivity contribution < 1.29 is 0 Å². The van der Waals surface area contributed by atoms with Crippen molar-refractivity contribution in [3.8, 4) is 0 Å². The zero-order chi connectivity index (χ0) is 9.26. The third kappa shape index (κ3) is 2.65. The van der Waals surface area contributed by atoms with Gasteiger partial charge >= 0.3 is 0 Å². The van der Waals surface area contributed by atoms with Crippen molar-refractivity contribution >= 4 is 18.1 Å². The number of aryl methyl sites for hydroxylation is 2. The average molecular weight is 212 g/mol. The lowest BCUT2D eigenvalue weighted by molar-refractivity contribution is 0.886. The molecule has 2 rings (SSSR count). The lowest BCUT2D eigenvalue weighted by Crippen LogP contribution is -2.05. The van der Waals surface area contributed by atoms with Crippen LogP contribution in [-0.2, 0) is 0 Å². The molecule has 14 heavy (non-hydrogen) atoms. The molecular formula is C12H18ClN. The molecule has 0 heterocycles. The third-order valence-electron chi connectivity index (χ3n) is 2.75. The fraction of sp³-hybridized carbons (Fsp3) is 0.500. The molecule has 1 saturated carbocycles. The predicted octanol–water partition coefficient (Wildman–Crippen LogP) is 3.55. The number of hydrogen-bond donors (Lipinski definition) is 1. The fourth-order valence-corrected chi connectivity index (χ4v) is 1.66. The van der Waals surface area contributed by atoms with Crippen LogP contribution in [0.4, 0.5) is 5.69 Å². The van der Waals surface area contributed by atoms with Gasteiger partial charge in [-0.2, -0.15) is 0 Å². The van der Waals surface area contributed by atoms with E-state index >= 15 is 0 Å². The molecule has 0 spiro atoms. The van der Waals surface area contributed by atoms with Crippen molar-refractivity contribution in [1.29, 1.82) is 0 Å². The van der Waals surface area contributed by atoms with Crippen LogP contribution >= 0.6 is 12.4 Å². The van der Waals surface area contributed by atoms with Gasteiger partial charge in [-0.3, -0.25) is 0 Å². The molecule has 0 unspecified atom stereocenters. The number of para-hydroxylation sites is 1. The van der Waals surface area contributed by atoms with Gasteiger partial charge in [0.05, 0.1) is 0 Å². The quantitative estimate of drug-likeness (QED) is 0.807. The summed E-state index contributed by atoms with van der Waals surface area (Å²) in [6.07, 6.45) is 2.83. The van der Waals surface area contributed by atoms with E-state index in [1.807, 2.05) is 0 Å². The van der Waals surface area contributed by atoms with Gasteiger partial charge in [-0.25, -0.2) is 0 Å². The minimum Gasteiger partial charge on any atom is -0.384 e. The van der Waals surface area contributed by atoms with Crippen molar-refractivity contribution in [2.45, 2.75) is 26.7 Å². The number of anilines is 1. The average Bonchev–Trinajstić information content (AvgIpc) is 2.87. The summed E-state index contributed by atoms with van der Waals surface area (Å²) in [5.41, 5.74) is 4.07. The Balaban J connectivity index is 0.000000980. The molecule has 0 aromatic heterocycles. The Bertz CT molecular complexity index is 285. The van der Waals surface area contributed by atoms with Crippen LogP contribution < -0.4 is 5.32 Å². The third-order valence-corrected chi connectivity index (χ3v) is 2.75. The highest BCUT2D eigenvalue weighted by Gasteiger charge is 2.20. The minimum absolute atomic E-state index is 0. The van der Waals surface area contributed by atoms with Crippen LogP contribution in [-0.4, -0.2) is 6.54 Å². The van der Waals surface area contributed by atoms with E-state index in [0.717, 1.165) is 12.5 Å². The molecule has 2 heteroatoms. The summed E-state index contributed by atoms with van der Waals surface area (Å²) in [5.74, 6) is 0.944. The first-order valence-electron chi connectivity index (χ1n) is 5.07. The van der Waals surface area contributed by atoms with E-state index in [4.69, 9.17) is 0 Å². The van der Waals surface area contributed by atoms with Gasteiger partial charge in [0.1, 0.15) is 0 Å². The maximum absolute atomic E-state index is 3.54. The lowest BCUT2D eigenvalue weighted by atomic mass is 10.1. The molecule has 1 aromatic carbocycles. The zero-order valence-electron chi connectivity index (χ0n) is 8.84. The Hall–Kier alpha value is -0.690. The molecule has 78 valence electrons. The molecular weight excluding hydrogens is 194 g/mol. The molecule has 0 bridgehead atoms. The summed E-state index contributed by atoms with van der Waals surface area (Å²) in [4.78, 5) is 0. The number of halogens is 1. The summed E-state index contributed by atoms with van der Waals surface area (Å²) in [5, 5.41) is 3.54. The van der Waals surface area contributed by atoms with E-state index in [1.165, 1.54) is 29.7 Å². The summed E-state index contributed by atoms with van der Waals surface area (Å²) in [6, 6.07) is 6.46. The second kappa shape index (κ2) is 4.70. The van der Waals surface area contributed by atoms with Gasteiger partial charge in [-0.1, -0.05) is 18.2 Å². The summed E-state index contributed by atoms with van der Waals surface area (Å²) < 4.78 is 0. The number of hydrogen-bond acceptors (Lipinski definition) is 1. The molecule has 0 amide bonds. The molecule has 1 aromatic rings. The van der Waals surface area contributed by atoms with Gasteiger partial charge < -0.3 is 5.32 Å². The van der Waals surface area contributed by atoms with Gasteiger partial charge in [0.15, 0.2) is 0 Å². The predicted molar refractivity (Wildman–Crippen MR) is 64.4 cm³/mol. The van der Waals surface area contributed by atoms with E-state index in [2.05, 4.69) is 37.4 Å². The van der Waals surface area contributed by atoms with Crippen LogP contribution in [0, 0.1) is 19.8 Å². The van der Waals surface area contributed by atoms with Crippen molar-refractivity contribution in [2.24, 2.45) is 5.92 Å². The summed E-state index contributed by atoms with van der Waals surface area (Å²) in [7, 11) is 0. The largest absolute Gasteiger partial charge is 0.384 e. The number of rotatable bonds is 3. The zero-order valence-corrected chi connectivity index (χ0v) is 9.66. The Morgan fingerprint density at radius 3 is 2.29 bits per heavy atom. The van der Waals surface area contributed by atoms with Crippen LogP contribution in [0.5, 0.6) is 0 Å². The van der Waals surface area contributed by atoms with E-state index < -0.39 is 0 Å². The van der Waals surface area contributed by atoms with Gasteiger partial charge in [0, 0.05) is 12.2 Å². The van der Waals surface area contributed by atoms with Crippen LogP contribution in [0.15, 0.2) is 18.2 Å². The van der Waals surface area contributed by atoms with Crippen LogP contribution in [0.1, 0.15) is 24.0 Å². The van der Waals surface area contributed by atoms with Gasteiger partial charge in [0.2, 0.25) is 0 Å². The normalized spacial score (nSPS) is 14.7. The summed E-state index contributed by atoms with van der Waals surface area (Å²) >= 11 is 0. The minimum atomic E-state index is 0. The Morgan fingerprint density at radius 2 is 1.79 bits per heavy atom. The Morgan fingerprint density at radius 1 is 1.21 bits per heavy atom. The fourth-order valence-electron chi connectivity index (χ4n) is 1.66. The highest BCUT2D eigenvalue weighted by Crippen LogP contribution is 2.30. The van der Waals surface area contributed by atoms with Gasteiger partial charge in [0.25, 0.3) is 0 Å². The van der Waals surface area contributed by atoms with E-state index in [1.54, 1.807) is 0 Å².